The third kappa shape index (κ3) is 9.99. The molecule has 0 spiro atoms. The van der Waals surface area contributed by atoms with Gasteiger partial charge < -0.3 is 15.8 Å². The Labute approximate surface area is 268 Å². The van der Waals surface area contributed by atoms with E-state index in [4.69, 9.17) is 33.7 Å². The van der Waals surface area contributed by atoms with Gasteiger partial charge in [-0.1, -0.05) is 30.3 Å². The van der Waals surface area contributed by atoms with Crippen molar-refractivity contribution in [2.45, 2.75) is 44.4 Å². The number of nitrogens with one attached hydrogen (secondary N) is 1. The number of esters is 1. The van der Waals surface area contributed by atoms with Crippen LogP contribution in [-0.4, -0.2) is 83.9 Å². The molecule has 2 aromatic rings. The minimum Gasteiger partial charge on any atom is -0.463 e. The number of amides is 2. The number of alkyl halides is 2. The van der Waals surface area contributed by atoms with Gasteiger partial charge in [0.05, 0.1) is 12.6 Å². The zero-order chi connectivity index (χ0) is 30.4. The van der Waals surface area contributed by atoms with Gasteiger partial charge in [-0.25, -0.2) is 9.18 Å². The second-order valence-electron chi connectivity index (χ2n) is 9.33. The fourth-order valence-electron chi connectivity index (χ4n) is 4.53. The Morgan fingerprint density at radius 1 is 1.07 bits per heavy atom. The lowest BCUT2D eigenvalue weighted by atomic mass is 9.96. The van der Waals surface area contributed by atoms with E-state index in [-0.39, 0.29) is 56.7 Å². The van der Waals surface area contributed by atoms with Crippen molar-refractivity contribution in [3.8, 4) is 0 Å². The summed E-state index contributed by atoms with van der Waals surface area (Å²) in [5, 5.41) is 2.75. The molecular weight excluding hydrogens is 626 g/mol. The van der Waals surface area contributed by atoms with Crippen molar-refractivity contribution < 1.29 is 23.5 Å². The number of carbonyl (C=O) groups excluding carboxylic acids is 3. The van der Waals surface area contributed by atoms with Crippen molar-refractivity contribution in [1.82, 2.24) is 10.2 Å². The Bertz CT molecular complexity index is 1110. The minimum atomic E-state index is -1.65. The lowest BCUT2D eigenvalue weighted by molar-refractivity contribution is -0.160. The van der Waals surface area contributed by atoms with Crippen LogP contribution in [-0.2, 0) is 25.5 Å². The zero-order valence-corrected chi connectivity index (χ0v) is 27.2. The van der Waals surface area contributed by atoms with Crippen LogP contribution < -0.4 is 16.0 Å². The summed E-state index contributed by atoms with van der Waals surface area (Å²) in [4.78, 5) is 44.9. The summed E-state index contributed by atoms with van der Waals surface area (Å²) in [6.07, 6.45) is 2.11. The fourth-order valence-corrected chi connectivity index (χ4v) is 5.42. The van der Waals surface area contributed by atoms with Crippen molar-refractivity contribution in [3.63, 3.8) is 0 Å². The molecule has 0 fully saturated rings. The molecule has 42 heavy (non-hydrogen) atoms. The maximum absolute atomic E-state index is 14.8. The second kappa shape index (κ2) is 19.2. The van der Waals surface area contributed by atoms with Crippen molar-refractivity contribution in [3.05, 3.63) is 66.0 Å². The van der Waals surface area contributed by atoms with E-state index < -0.39 is 41.3 Å². The maximum atomic E-state index is 14.8. The summed E-state index contributed by atoms with van der Waals surface area (Å²) in [6, 6.07) is 12.3. The molecule has 0 radical (unpaired) electrons. The van der Waals surface area contributed by atoms with Crippen LogP contribution in [0.1, 0.15) is 25.8 Å². The quantitative estimate of drug-likeness (QED) is 0.146. The SMILES string of the molecule is CCOC(=O)[C@@](CCSC)(N(CCCl)CCCl)N(C(=O)[C@H](Cc1ccc(F)cc1)NC(=O)[C@H](C)N)c1ccccc1.Cl. The summed E-state index contributed by atoms with van der Waals surface area (Å²) >= 11 is 14.0. The van der Waals surface area contributed by atoms with Gasteiger partial charge in [0.2, 0.25) is 11.6 Å². The second-order valence-corrected chi connectivity index (χ2v) is 11.1. The minimum absolute atomic E-state index is 0. The van der Waals surface area contributed by atoms with Gasteiger partial charge in [-0.05, 0) is 55.7 Å². The van der Waals surface area contributed by atoms with Crippen LogP contribution in [0.5, 0.6) is 0 Å². The Morgan fingerprint density at radius 2 is 1.67 bits per heavy atom. The fraction of sp³-hybridized carbons (Fsp3) is 0.483. The normalized spacial score (nSPS) is 13.8. The maximum Gasteiger partial charge on any atom is 0.347 e. The Hall–Kier alpha value is -2.08. The van der Waals surface area contributed by atoms with Gasteiger partial charge in [0.1, 0.15) is 11.9 Å². The van der Waals surface area contributed by atoms with E-state index in [0.717, 1.165) is 0 Å². The molecule has 8 nitrogen and oxygen atoms in total. The van der Waals surface area contributed by atoms with Crippen LogP contribution >= 0.6 is 47.4 Å². The molecule has 2 rings (SSSR count). The van der Waals surface area contributed by atoms with Gasteiger partial charge in [-0.15, -0.1) is 35.6 Å². The number of halogens is 4. The predicted octanol–water partition coefficient (Wildman–Crippen LogP) is 4.45. The molecule has 0 bridgehead atoms. The molecule has 0 saturated carbocycles. The van der Waals surface area contributed by atoms with Gasteiger partial charge in [0.25, 0.3) is 5.91 Å². The highest BCUT2D eigenvalue weighted by Crippen LogP contribution is 2.34. The van der Waals surface area contributed by atoms with E-state index in [1.54, 1.807) is 54.3 Å². The number of nitrogens with two attached hydrogens (primary N) is 1. The highest BCUT2D eigenvalue weighted by molar-refractivity contribution is 7.98. The van der Waals surface area contributed by atoms with Crippen LogP contribution in [0.15, 0.2) is 54.6 Å². The molecule has 0 aliphatic carbocycles. The predicted molar refractivity (Wildman–Crippen MR) is 172 cm³/mol. The zero-order valence-electron chi connectivity index (χ0n) is 24.1. The summed E-state index contributed by atoms with van der Waals surface area (Å²) in [5.41, 5.74) is 5.22. The van der Waals surface area contributed by atoms with Crippen LogP contribution in [0.25, 0.3) is 0 Å². The molecule has 0 aromatic heterocycles. The third-order valence-electron chi connectivity index (χ3n) is 6.48. The standard InChI is InChI=1S/C29H39Cl2FN4O4S.ClH/c1-4-40-28(39)29(14-19-41-3,35(17-15-30)18-16-31)36(24-8-6-5-7-9-24)27(38)25(34-26(37)21(2)33)20-22-10-12-23(32)13-11-22;/h5-13,21,25H,4,14-20,33H2,1-3H3,(H,34,37);1H/t21-,25-,29-;/m0./s1. The summed E-state index contributed by atoms with van der Waals surface area (Å²) in [7, 11) is 0. The number of benzene rings is 2. The first-order chi connectivity index (χ1) is 19.7. The molecule has 3 atom stereocenters. The molecule has 234 valence electrons. The van der Waals surface area contributed by atoms with Crippen LogP contribution in [0.2, 0.25) is 0 Å². The first-order valence-electron chi connectivity index (χ1n) is 13.4. The smallest absolute Gasteiger partial charge is 0.347 e. The van der Waals surface area contributed by atoms with Gasteiger partial charge in [-0.3, -0.25) is 19.4 Å². The van der Waals surface area contributed by atoms with E-state index in [2.05, 4.69) is 5.32 Å². The van der Waals surface area contributed by atoms with Gasteiger partial charge in [-0.2, -0.15) is 11.8 Å². The van der Waals surface area contributed by atoms with Gasteiger partial charge >= 0.3 is 5.97 Å². The molecule has 3 N–H and O–H groups in total. The molecule has 0 unspecified atom stereocenters. The first-order valence-corrected chi connectivity index (χ1v) is 15.8. The van der Waals surface area contributed by atoms with Crippen LogP contribution in [0, 0.1) is 5.82 Å². The number of thioether (sulfide) groups is 1. The number of carbonyl (C=O) groups is 3. The molecule has 0 aliphatic heterocycles. The van der Waals surface area contributed by atoms with Gasteiger partial charge in [0.15, 0.2) is 0 Å². The number of nitrogens with zero attached hydrogens (tertiary/aromatic N) is 2. The van der Waals surface area contributed by atoms with Crippen molar-refractivity contribution in [1.29, 1.82) is 0 Å². The molecule has 0 saturated heterocycles. The lowest BCUT2D eigenvalue weighted by Gasteiger charge is -2.49. The Balaban J connectivity index is 0.00000882. The number of anilines is 1. The van der Waals surface area contributed by atoms with Crippen LogP contribution in [0.4, 0.5) is 10.1 Å². The average molecular weight is 666 g/mol. The van der Waals surface area contributed by atoms with E-state index in [1.807, 2.05) is 6.26 Å². The van der Waals surface area contributed by atoms with Crippen molar-refractivity contribution in [2.75, 3.05) is 48.4 Å². The highest BCUT2D eigenvalue weighted by Gasteiger charge is 2.53. The van der Waals surface area contributed by atoms with Crippen LogP contribution in [0.3, 0.4) is 0 Å². The average Bonchev–Trinajstić information content (AvgIpc) is 2.96. The molecule has 13 heteroatoms. The van der Waals surface area contributed by atoms with E-state index in [9.17, 15) is 18.8 Å². The molecule has 0 aliphatic rings. The summed E-state index contributed by atoms with van der Waals surface area (Å²) in [5.74, 6) is -1.38. The topological polar surface area (TPSA) is 105 Å². The summed E-state index contributed by atoms with van der Waals surface area (Å²) in [6.45, 7) is 3.74. The van der Waals surface area contributed by atoms with E-state index in [1.165, 1.54) is 35.7 Å². The molecular formula is C29H40Cl3FN4O4S. The number of hydrogen-bond acceptors (Lipinski definition) is 7. The highest BCUT2D eigenvalue weighted by atomic mass is 35.5. The lowest BCUT2D eigenvalue weighted by Crippen LogP contribution is -2.71. The molecule has 2 aromatic carbocycles. The number of para-hydroxylation sites is 1. The monoisotopic (exact) mass is 664 g/mol. The largest absolute Gasteiger partial charge is 0.463 e. The number of rotatable bonds is 17. The number of hydrogen-bond donors (Lipinski definition) is 2. The number of ether oxygens (including phenoxy) is 1. The first kappa shape index (κ1) is 37.9. The van der Waals surface area contributed by atoms with E-state index >= 15 is 0 Å². The molecule has 2 amide bonds. The van der Waals surface area contributed by atoms with E-state index in [0.29, 0.717) is 17.0 Å². The summed E-state index contributed by atoms with van der Waals surface area (Å²) < 4.78 is 19.3. The molecule has 0 heterocycles. The third-order valence-corrected chi connectivity index (χ3v) is 7.43. The van der Waals surface area contributed by atoms with Gasteiger partial charge in [0, 0.05) is 43.4 Å². The van der Waals surface area contributed by atoms with Crippen molar-refractivity contribution >= 4 is 70.8 Å². The Morgan fingerprint density at radius 3 is 2.17 bits per heavy atom. The Kier molecular flexibility index (Phi) is 17.4. The van der Waals surface area contributed by atoms with Crippen molar-refractivity contribution in [2.24, 2.45) is 5.73 Å².